The van der Waals surface area contributed by atoms with Crippen LogP contribution in [0, 0.1) is 11.3 Å². The lowest BCUT2D eigenvalue weighted by atomic mass is 10.3. The molecule has 0 aliphatic rings. The third-order valence-corrected chi connectivity index (χ3v) is 2.98. The number of aromatic amines is 1. The number of rotatable bonds is 3. The number of H-pyrrole nitrogens is 1. The minimum Gasteiger partial charge on any atom is -0.392 e. The Labute approximate surface area is 106 Å². The highest BCUT2D eigenvalue weighted by Gasteiger charge is 2.10. The highest BCUT2D eigenvalue weighted by atomic mass is 35.5. The molecule has 0 bridgehead atoms. The maximum absolute atomic E-state index is 9.03. The van der Waals surface area contributed by atoms with Crippen LogP contribution in [-0.4, -0.2) is 10.1 Å². The van der Waals surface area contributed by atoms with Crippen LogP contribution < -0.4 is 10.3 Å². The summed E-state index contributed by atoms with van der Waals surface area (Å²) in [7, 11) is 0. The molecule has 2 heterocycles. The number of nitriles is 1. The molecule has 2 aromatic heterocycles. The van der Waals surface area contributed by atoms with Crippen LogP contribution in [0.1, 0.15) is 10.4 Å². The van der Waals surface area contributed by atoms with E-state index in [2.05, 4.69) is 15.3 Å². The zero-order chi connectivity index (χ0) is 12.3. The van der Waals surface area contributed by atoms with E-state index in [-0.39, 0.29) is 6.61 Å². The molecule has 0 amide bonds. The maximum Gasteiger partial charge on any atom is 0.339 e. The number of aliphatic hydroxyl groups is 1. The Balaban J connectivity index is 2.23. The number of aromatic nitrogens is 2. The van der Waals surface area contributed by atoms with Crippen LogP contribution in [0.25, 0.3) is 0 Å². The molecule has 5 nitrogen and oxygen atoms in total. The summed E-state index contributed by atoms with van der Waals surface area (Å²) >= 11 is 7.08. The van der Waals surface area contributed by atoms with Gasteiger partial charge in [-0.15, -0.1) is 0 Å². The molecule has 0 aliphatic heterocycles. The molecule has 0 aliphatic carbocycles. The Morgan fingerprint density at radius 1 is 1.59 bits per heavy atom. The van der Waals surface area contributed by atoms with Crippen molar-refractivity contribution in [3.63, 3.8) is 0 Å². The van der Waals surface area contributed by atoms with Crippen molar-refractivity contribution in [3.8, 4) is 6.07 Å². The van der Waals surface area contributed by atoms with Crippen LogP contribution >= 0.6 is 22.9 Å². The van der Waals surface area contributed by atoms with Crippen molar-refractivity contribution < 1.29 is 10.1 Å². The first kappa shape index (κ1) is 11.8. The molecule has 0 unspecified atom stereocenters. The van der Waals surface area contributed by atoms with Gasteiger partial charge in [0.05, 0.1) is 6.61 Å². The second-order valence-corrected chi connectivity index (χ2v) is 4.60. The Bertz CT molecular complexity index is 578. The highest BCUT2D eigenvalue weighted by molar-refractivity contribution is 7.15. The number of nitrogens with zero attached hydrogens (tertiary/aromatic N) is 2. The number of aliphatic hydroxyl groups excluding tert-OH is 1. The van der Waals surface area contributed by atoms with Gasteiger partial charge in [0.1, 0.15) is 17.4 Å². The van der Waals surface area contributed by atoms with Crippen LogP contribution in [0.15, 0.2) is 18.3 Å². The van der Waals surface area contributed by atoms with Gasteiger partial charge in [0.25, 0.3) is 0 Å². The van der Waals surface area contributed by atoms with Gasteiger partial charge >= 0.3 is 5.13 Å². The number of nitrogens with one attached hydrogen (secondary N) is 2. The molecule has 3 N–H and O–H groups in total. The Morgan fingerprint density at radius 2 is 2.41 bits per heavy atom. The predicted molar refractivity (Wildman–Crippen MR) is 64.0 cm³/mol. The summed E-state index contributed by atoms with van der Waals surface area (Å²) in [5.74, 6) is 0.518. The summed E-state index contributed by atoms with van der Waals surface area (Å²) in [4.78, 5) is 7.53. The molecule has 0 saturated heterocycles. The predicted octanol–water partition coefficient (Wildman–Crippen LogP) is 1.72. The zero-order valence-electron chi connectivity index (χ0n) is 8.57. The number of halogens is 1. The number of thiazole rings is 1. The standard InChI is InChI=1S/C10H7ClN4OS/c11-8-1-6(5-16)2-9(14-8)15-10-13-4-7(3-12)17-10/h1-2,4,16H,5H2,(H,13,14,15)/p+1. The van der Waals surface area contributed by atoms with Crippen LogP contribution in [-0.2, 0) is 6.61 Å². The second-order valence-electron chi connectivity index (χ2n) is 3.16. The van der Waals surface area contributed by atoms with Gasteiger partial charge in [-0.2, -0.15) is 10.2 Å². The van der Waals surface area contributed by atoms with Gasteiger partial charge in [0.2, 0.25) is 5.82 Å². The summed E-state index contributed by atoms with van der Waals surface area (Å²) < 4.78 is 0. The van der Waals surface area contributed by atoms with Crippen molar-refractivity contribution in [2.45, 2.75) is 6.61 Å². The molecule has 2 rings (SSSR count). The Kier molecular flexibility index (Phi) is 3.54. The molecule has 17 heavy (non-hydrogen) atoms. The summed E-state index contributed by atoms with van der Waals surface area (Å²) in [6.07, 6.45) is 1.60. The first-order valence-corrected chi connectivity index (χ1v) is 5.86. The van der Waals surface area contributed by atoms with E-state index >= 15 is 0 Å². The van der Waals surface area contributed by atoms with Gasteiger partial charge in [-0.25, -0.2) is 10.3 Å². The second kappa shape index (κ2) is 5.10. The topological polar surface area (TPSA) is 83.1 Å². The third kappa shape index (κ3) is 2.91. The van der Waals surface area contributed by atoms with Gasteiger partial charge < -0.3 is 5.11 Å². The molecule has 7 heteroatoms. The summed E-state index contributed by atoms with van der Waals surface area (Å²) in [6, 6.07) is 5.30. The van der Waals surface area contributed by atoms with E-state index in [0.29, 0.717) is 26.5 Å². The van der Waals surface area contributed by atoms with E-state index in [9.17, 15) is 0 Å². The van der Waals surface area contributed by atoms with Crippen LogP contribution in [0.4, 0.5) is 10.9 Å². The fraction of sp³-hybridized carbons (Fsp3) is 0.100. The van der Waals surface area contributed by atoms with E-state index in [1.165, 1.54) is 11.3 Å². The molecule has 0 radical (unpaired) electrons. The fourth-order valence-corrected chi connectivity index (χ4v) is 2.13. The van der Waals surface area contributed by atoms with Crippen LogP contribution in [0.3, 0.4) is 0 Å². The van der Waals surface area contributed by atoms with E-state index in [0.717, 1.165) is 0 Å². The van der Waals surface area contributed by atoms with Gasteiger partial charge in [-0.1, -0.05) is 11.6 Å². The van der Waals surface area contributed by atoms with E-state index in [1.807, 2.05) is 6.07 Å². The maximum atomic E-state index is 9.03. The monoisotopic (exact) mass is 267 g/mol. The molecule has 2 aromatic rings. The minimum atomic E-state index is -0.103. The summed E-state index contributed by atoms with van der Waals surface area (Å²) in [5.41, 5.74) is 0.671. The van der Waals surface area contributed by atoms with Gasteiger partial charge in [-0.05, 0) is 23.0 Å². The molecule has 0 fully saturated rings. The summed E-state index contributed by atoms with van der Waals surface area (Å²) in [6.45, 7) is -0.103. The molecular weight excluding hydrogens is 260 g/mol. The van der Waals surface area contributed by atoms with Crippen molar-refractivity contribution in [1.29, 1.82) is 5.26 Å². The fourth-order valence-electron chi connectivity index (χ4n) is 1.24. The normalized spacial score (nSPS) is 9.94. The smallest absolute Gasteiger partial charge is 0.339 e. The Hall–Kier alpha value is -1.68. The first-order valence-electron chi connectivity index (χ1n) is 4.67. The van der Waals surface area contributed by atoms with Crippen molar-refractivity contribution in [1.82, 2.24) is 4.98 Å². The average molecular weight is 268 g/mol. The highest BCUT2D eigenvalue weighted by Crippen LogP contribution is 2.20. The van der Waals surface area contributed by atoms with Crippen LogP contribution in [0.2, 0.25) is 5.15 Å². The average Bonchev–Trinajstić information content (AvgIpc) is 2.76. The molecule has 0 atom stereocenters. The SMILES string of the molecule is N#Cc1c[nH+]c(Nc2cc(CO)cc(Cl)n2)s1. The first-order chi connectivity index (χ1) is 8.21. The van der Waals surface area contributed by atoms with Crippen molar-refractivity contribution >= 4 is 33.9 Å². The lowest BCUT2D eigenvalue weighted by Crippen LogP contribution is -2.04. The number of pyridine rings is 1. The Morgan fingerprint density at radius 3 is 3.06 bits per heavy atom. The number of hydrogen-bond acceptors (Lipinski definition) is 5. The van der Waals surface area contributed by atoms with E-state index in [1.54, 1.807) is 18.3 Å². The number of anilines is 2. The molecule has 0 aromatic carbocycles. The van der Waals surface area contributed by atoms with E-state index < -0.39 is 0 Å². The molecule has 0 spiro atoms. The lowest BCUT2D eigenvalue weighted by molar-refractivity contribution is -0.354. The summed E-state index contributed by atoms with van der Waals surface area (Å²) in [5, 5.41) is 21.7. The molecule has 86 valence electrons. The largest absolute Gasteiger partial charge is 0.392 e. The van der Waals surface area contributed by atoms with Crippen LogP contribution in [0.5, 0.6) is 0 Å². The minimum absolute atomic E-state index is 0.103. The lowest BCUT2D eigenvalue weighted by Gasteiger charge is -1.99. The van der Waals surface area contributed by atoms with Gasteiger partial charge in [-0.3, -0.25) is 0 Å². The zero-order valence-corrected chi connectivity index (χ0v) is 10.1. The molecule has 0 saturated carbocycles. The number of hydrogen-bond donors (Lipinski definition) is 2. The van der Waals surface area contributed by atoms with Crippen molar-refractivity contribution in [2.24, 2.45) is 0 Å². The van der Waals surface area contributed by atoms with Crippen molar-refractivity contribution in [2.75, 3.05) is 5.32 Å². The van der Waals surface area contributed by atoms with Gasteiger partial charge in [0.15, 0.2) is 4.88 Å². The molecular formula is C10H8ClN4OS+. The third-order valence-electron chi connectivity index (χ3n) is 1.93. The quantitative estimate of drug-likeness (QED) is 0.830. The van der Waals surface area contributed by atoms with Crippen molar-refractivity contribution in [3.05, 3.63) is 33.9 Å². The van der Waals surface area contributed by atoms with E-state index in [4.69, 9.17) is 22.0 Å². The van der Waals surface area contributed by atoms with Gasteiger partial charge in [0, 0.05) is 6.07 Å².